The molecule has 0 radical (unpaired) electrons. The Balaban J connectivity index is 1.97. The van der Waals surface area contributed by atoms with Crippen LogP contribution in [0.3, 0.4) is 0 Å². The first kappa shape index (κ1) is 10.6. The van der Waals surface area contributed by atoms with Crippen molar-refractivity contribution in [3.8, 4) is 5.75 Å². The van der Waals surface area contributed by atoms with Crippen LogP contribution in [0.2, 0.25) is 0 Å². The van der Waals surface area contributed by atoms with Crippen LogP contribution in [0.5, 0.6) is 5.75 Å². The van der Waals surface area contributed by atoms with Crippen LogP contribution in [0.25, 0.3) is 0 Å². The van der Waals surface area contributed by atoms with Gasteiger partial charge in [0.05, 0.1) is 5.41 Å². The smallest absolute Gasteiger partial charge is 0.226 e. The molecule has 1 saturated carbocycles. The summed E-state index contributed by atoms with van der Waals surface area (Å²) in [4.78, 5) is 12.1. The molecule has 1 amide bonds. The maximum atomic E-state index is 12.1. The largest absolute Gasteiger partial charge is 0.508 e. The van der Waals surface area contributed by atoms with Gasteiger partial charge in [-0.05, 0) is 30.5 Å². The van der Waals surface area contributed by atoms with Crippen molar-refractivity contribution in [2.75, 3.05) is 6.54 Å². The van der Waals surface area contributed by atoms with Crippen molar-refractivity contribution in [3.63, 3.8) is 0 Å². The summed E-state index contributed by atoms with van der Waals surface area (Å²) in [5.41, 5.74) is 1.000. The third-order valence-electron chi connectivity index (χ3n) is 4.38. The molecule has 0 bridgehead atoms. The van der Waals surface area contributed by atoms with Gasteiger partial charge in [0.15, 0.2) is 0 Å². The molecule has 1 atom stereocenters. The van der Waals surface area contributed by atoms with E-state index in [1.54, 1.807) is 12.1 Å². The second kappa shape index (κ2) is 3.76. The Morgan fingerprint density at radius 2 is 1.82 bits per heavy atom. The molecule has 3 rings (SSSR count). The third kappa shape index (κ3) is 1.53. The normalized spacial score (nSPS) is 26.4. The van der Waals surface area contributed by atoms with Gasteiger partial charge in [0.1, 0.15) is 5.75 Å². The standard InChI is InChI=1S/C14H17NO2/c16-11-5-3-10(4-6-11)12-9-15-13(17)14(12)7-1-2-8-14/h3-6,12,16H,1-2,7-9H2,(H,15,17)/t12-/m1/s1. The van der Waals surface area contributed by atoms with Crippen LogP contribution >= 0.6 is 0 Å². The Kier molecular flexibility index (Phi) is 2.35. The van der Waals surface area contributed by atoms with Crippen molar-refractivity contribution >= 4 is 5.91 Å². The molecule has 1 aliphatic heterocycles. The van der Waals surface area contributed by atoms with E-state index in [1.165, 1.54) is 5.56 Å². The fourth-order valence-electron chi connectivity index (χ4n) is 3.45. The zero-order chi connectivity index (χ0) is 11.9. The molecule has 0 aromatic heterocycles. The predicted molar refractivity (Wildman–Crippen MR) is 64.8 cm³/mol. The highest BCUT2D eigenvalue weighted by Gasteiger charge is 2.51. The molecule has 1 saturated heterocycles. The van der Waals surface area contributed by atoms with Crippen LogP contribution in [0.4, 0.5) is 0 Å². The number of phenols is 1. The van der Waals surface area contributed by atoms with Gasteiger partial charge in [-0.2, -0.15) is 0 Å². The van der Waals surface area contributed by atoms with Crippen molar-refractivity contribution in [1.29, 1.82) is 0 Å². The summed E-state index contributed by atoms with van der Waals surface area (Å²) in [6.07, 6.45) is 4.32. The maximum Gasteiger partial charge on any atom is 0.226 e. The minimum atomic E-state index is -0.170. The Morgan fingerprint density at radius 1 is 1.18 bits per heavy atom. The van der Waals surface area contributed by atoms with E-state index < -0.39 is 0 Å². The van der Waals surface area contributed by atoms with E-state index in [1.807, 2.05) is 12.1 Å². The summed E-state index contributed by atoms with van der Waals surface area (Å²) in [5, 5.41) is 12.3. The average Bonchev–Trinajstić information content (AvgIpc) is 2.92. The van der Waals surface area contributed by atoms with E-state index in [2.05, 4.69) is 5.32 Å². The highest BCUT2D eigenvalue weighted by atomic mass is 16.3. The van der Waals surface area contributed by atoms with Gasteiger partial charge in [-0.25, -0.2) is 0 Å². The molecule has 1 aromatic carbocycles. The van der Waals surface area contributed by atoms with Crippen molar-refractivity contribution in [2.45, 2.75) is 31.6 Å². The summed E-state index contributed by atoms with van der Waals surface area (Å²) >= 11 is 0. The summed E-state index contributed by atoms with van der Waals surface area (Å²) in [7, 11) is 0. The van der Waals surface area contributed by atoms with Gasteiger partial charge in [-0.3, -0.25) is 4.79 Å². The van der Waals surface area contributed by atoms with Crippen LogP contribution in [-0.2, 0) is 4.79 Å². The number of benzene rings is 1. The number of amides is 1. The second-order valence-corrected chi connectivity index (χ2v) is 5.22. The zero-order valence-electron chi connectivity index (χ0n) is 9.78. The zero-order valence-corrected chi connectivity index (χ0v) is 9.78. The van der Waals surface area contributed by atoms with E-state index in [0.29, 0.717) is 0 Å². The first-order chi connectivity index (χ1) is 8.22. The number of nitrogens with one attached hydrogen (secondary N) is 1. The SMILES string of the molecule is O=C1NC[C@H](c2ccc(O)cc2)C12CCCC2. The number of hydrogen-bond acceptors (Lipinski definition) is 2. The lowest BCUT2D eigenvalue weighted by atomic mass is 9.73. The molecule has 3 heteroatoms. The third-order valence-corrected chi connectivity index (χ3v) is 4.38. The molecule has 17 heavy (non-hydrogen) atoms. The van der Waals surface area contributed by atoms with Crippen LogP contribution in [0.1, 0.15) is 37.2 Å². The molecule has 2 fully saturated rings. The molecule has 90 valence electrons. The highest BCUT2D eigenvalue weighted by molar-refractivity contribution is 5.86. The second-order valence-electron chi connectivity index (χ2n) is 5.22. The van der Waals surface area contributed by atoms with Crippen molar-refractivity contribution < 1.29 is 9.90 Å². The maximum absolute atomic E-state index is 12.1. The van der Waals surface area contributed by atoms with Crippen LogP contribution in [-0.4, -0.2) is 17.6 Å². The fraction of sp³-hybridized carbons (Fsp3) is 0.500. The predicted octanol–water partition coefficient (Wildman–Crippen LogP) is 2.17. The van der Waals surface area contributed by atoms with Crippen LogP contribution in [0, 0.1) is 5.41 Å². The van der Waals surface area contributed by atoms with Gasteiger partial charge in [0, 0.05) is 12.5 Å². The quantitative estimate of drug-likeness (QED) is 0.778. The lowest BCUT2D eigenvalue weighted by Gasteiger charge is -2.27. The lowest BCUT2D eigenvalue weighted by molar-refractivity contribution is -0.127. The Morgan fingerprint density at radius 3 is 2.47 bits per heavy atom. The van der Waals surface area contributed by atoms with E-state index >= 15 is 0 Å². The van der Waals surface area contributed by atoms with Gasteiger partial charge >= 0.3 is 0 Å². The fourth-order valence-corrected chi connectivity index (χ4v) is 3.45. The monoisotopic (exact) mass is 231 g/mol. The van der Waals surface area contributed by atoms with E-state index in [4.69, 9.17) is 0 Å². The lowest BCUT2D eigenvalue weighted by Crippen LogP contribution is -2.31. The molecular formula is C14H17NO2. The summed E-state index contributed by atoms with van der Waals surface area (Å²) in [5.74, 6) is 0.790. The number of rotatable bonds is 1. The summed E-state index contributed by atoms with van der Waals surface area (Å²) < 4.78 is 0. The number of hydrogen-bond donors (Lipinski definition) is 2. The Bertz CT molecular complexity index is 432. The first-order valence-corrected chi connectivity index (χ1v) is 6.30. The number of phenolic OH excluding ortho intramolecular Hbond substituents is 1. The van der Waals surface area contributed by atoms with E-state index in [9.17, 15) is 9.90 Å². The first-order valence-electron chi connectivity index (χ1n) is 6.30. The van der Waals surface area contributed by atoms with Crippen molar-refractivity contribution in [2.24, 2.45) is 5.41 Å². The highest BCUT2D eigenvalue weighted by Crippen LogP contribution is 2.51. The Labute approximate surface area is 101 Å². The van der Waals surface area contributed by atoms with Gasteiger partial charge < -0.3 is 10.4 Å². The Hall–Kier alpha value is -1.51. The molecule has 1 spiro atoms. The number of carbonyl (C=O) groups is 1. The van der Waals surface area contributed by atoms with E-state index in [-0.39, 0.29) is 23.0 Å². The molecular weight excluding hydrogens is 214 g/mol. The van der Waals surface area contributed by atoms with Crippen LogP contribution < -0.4 is 5.32 Å². The molecule has 1 aromatic rings. The van der Waals surface area contributed by atoms with Crippen molar-refractivity contribution in [1.82, 2.24) is 5.32 Å². The summed E-state index contributed by atoms with van der Waals surface area (Å²) in [6.45, 7) is 0.740. The number of aromatic hydroxyl groups is 1. The number of carbonyl (C=O) groups excluding carboxylic acids is 1. The van der Waals surface area contributed by atoms with Gasteiger partial charge in [-0.15, -0.1) is 0 Å². The molecule has 2 N–H and O–H groups in total. The molecule has 0 unspecified atom stereocenters. The molecule has 3 nitrogen and oxygen atoms in total. The average molecular weight is 231 g/mol. The van der Waals surface area contributed by atoms with Crippen LogP contribution in [0.15, 0.2) is 24.3 Å². The minimum Gasteiger partial charge on any atom is -0.508 e. The molecule has 1 aliphatic carbocycles. The van der Waals surface area contributed by atoms with E-state index in [0.717, 1.165) is 32.2 Å². The van der Waals surface area contributed by atoms with Gasteiger partial charge in [0.25, 0.3) is 0 Å². The van der Waals surface area contributed by atoms with Crippen molar-refractivity contribution in [3.05, 3.63) is 29.8 Å². The van der Waals surface area contributed by atoms with Gasteiger partial charge in [0.2, 0.25) is 5.91 Å². The topological polar surface area (TPSA) is 49.3 Å². The molecule has 2 aliphatic rings. The minimum absolute atomic E-state index is 0.170. The molecule has 1 heterocycles. The van der Waals surface area contributed by atoms with Gasteiger partial charge in [-0.1, -0.05) is 25.0 Å². The summed E-state index contributed by atoms with van der Waals surface area (Å²) in [6, 6.07) is 7.31.